The molecule has 362 valence electrons. The van der Waals surface area contributed by atoms with Crippen LogP contribution >= 0.6 is 0 Å². The van der Waals surface area contributed by atoms with Gasteiger partial charge < -0.3 is 39.0 Å². The molecule has 2 aromatic heterocycles. The largest absolute Gasteiger partial charge is 0.489 e. The summed E-state index contributed by atoms with van der Waals surface area (Å²) in [5, 5.41) is 16.6. The molecule has 18 heteroatoms. The Morgan fingerprint density at radius 1 is 0.957 bits per heavy atom. The average molecular weight is 959 g/mol. The molecule has 17 nitrogen and oxygen atoms in total. The lowest BCUT2D eigenvalue weighted by atomic mass is 9.59. The molecule has 1 amide bonds. The van der Waals surface area contributed by atoms with Gasteiger partial charge in [-0.15, -0.1) is 0 Å². The number of nitrogens with zero attached hydrogens (tertiary/aromatic N) is 5. The molecule has 7 aliphatic rings. The Labute approximate surface area is 401 Å². The molecule has 8 heterocycles. The summed E-state index contributed by atoms with van der Waals surface area (Å²) in [5.41, 5.74) is 5.66. The number of amides is 1. The van der Waals surface area contributed by atoms with Gasteiger partial charge in [-0.3, -0.25) is 19.8 Å². The van der Waals surface area contributed by atoms with Crippen molar-refractivity contribution in [3.8, 4) is 11.6 Å². The maximum atomic E-state index is 14.7. The zero-order chi connectivity index (χ0) is 47.0. The lowest BCUT2D eigenvalue weighted by molar-refractivity contribution is -0.384. The highest BCUT2D eigenvalue weighted by molar-refractivity contribution is 7.90. The third-order valence-electron chi connectivity index (χ3n) is 16.3. The first-order valence-electron chi connectivity index (χ1n) is 24.7. The molecular formula is C51H58N8O9S. The second-order valence-corrected chi connectivity index (χ2v) is 21.8. The van der Waals surface area contributed by atoms with Gasteiger partial charge >= 0.3 is 0 Å². The van der Waals surface area contributed by atoms with E-state index in [1.807, 2.05) is 29.2 Å². The van der Waals surface area contributed by atoms with Crippen LogP contribution in [-0.2, 0) is 25.9 Å². The number of H-pyrrole nitrogens is 1. The van der Waals surface area contributed by atoms with Crippen LogP contribution in [0, 0.1) is 21.4 Å². The highest BCUT2D eigenvalue weighted by atomic mass is 32.2. The molecule has 12 rings (SSSR count). The second-order valence-electron chi connectivity index (χ2n) is 20.1. The number of fused-ring (bicyclic) bond motifs is 4. The molecule has 1 aliphatic carbocycles. The Kier molecular flexibility index (Phi) is 11.2. The van der Waals surface area contributed by atoms with Crippen molar-refractivity contribution in [3.05, 3.63) is 99.7 Å². The van der Waals surface area contributed by atoms with Gasteiger partial charge in [0.05, 0.1) is 46.4 Å². The predicted octanol–water partition coefficient (Wildman–Crippen LogP) is 7.64. The maximum Gasteiger partial charge on any atom is 0.297 e. The minimum Gasteiger partial charge on any atom is -0.489 e. The second kappa shape index (κ2) is 17.5. The number of carbonyl (C=O) groups is 1. The molecule has 0 unspecified atom stereocenters. The highest BCUT2D eigenvalue weighted by Gasteiger charge is 2.50. The van der Waals surface area contributed by atoms with Crippen molar-refractivity contribution >= 4 is 55.4 Å². The monoisotopic (exact) mass is 958 g/mol. The molecule has 1 saturated carbocycles. The number of nitrogens with one attached hydrogen (secondary N) is 3. The van der Waals surface area contributed by atoms with Gasteiger partial charge in [0, 0.05) is 67.8 Å². The summed E-state index contributed by atoms with van der Waals surface area (Å²) in [6.45, 7) is 7.09. The number of anilines is 4. The maximum absolute atomic E-state index is 14.7. The number of rotatable bonds is 10. The molecule has 0 radical (unpaired) electrons. The van der Waals surface area contributed by atoms with E-state index in [4.69, 9.17) is 23.9 Å². The number of piperidine rings is 1. The standard InChI is InChI=1S/C51H58N8O9S/c1-2-31-6-3-4-7-37(31)40-8-5-17-57(40)35-26-51(27-35)14-18-56(19-15-51)34-9-10-38(41(23-34)58-43-22-33-11-16-52-48(33)54-50(43)68-46-30-66-29-44(46)58)49(60)55-69(63,64)36-24-42(59(61)62)47-45(25-36)67-28-39(53-47)32-12-20-65-21-13-32/h3-4,6-7,9-11,16,22-25,32,35,39-40,44,46,53H,2,5,8,12-15,17-21,26-30H2,1H3,(H,52,54)(H,55,60)/t39-,40-,44+,46-/m0/s1. The highest BCUT2D eigenvalue weighted by Crippen LogP contribution is 2.55. The number of hydrogen-bond acceptors (Lipinski definition) is 14. The summed E-state index contributed by atoms with van der Waals surface area (Å²) in [5.74, 6) is -0.318. The van der Waals surface area contributed by atoms with E-state index in [0.717, 1.165) is 68.9 Å². The van der Waals surface area contributed by atoms with Crippen LogP contribution in [0.15, 0.2) is 77.8 Å². The first-order valence-corrected chi connectivity index (χ1v) is 26.1. The van der Waals surface area contributed by atoms with Gasteiger partial charge in [0.25, 0.3) is 21.6 Å². The van der Waals surface area contributed by atoms with Gasteiger partial charge in [-0.2, -0.15) is 4.98 Å². The SMILES string of the molecule is CCc1ccccc1[C@@H]1CCCN1C1CC2(CCN(c3ccc(C(=O)NS(=O)(=O)c4cc5c(c([N+](=O)[O-])c4)N[C@H](C4CCOCC4)CO5)c(N4c5cc6cc[nH]c6nc5O[C@H]5COC[C@H]54)c3)CC2)C1. The van der Waals surface area contributed by atoms with Crippen molar-refractivity contribution in [1.29, 1.82) is 0 Å². The van der Waals surface area contributed by atoms with E-state index in [0.29, 0.717) is 66.8 Å². The lowest BCUT2D eigenvalue weighted by Crippen LogP contribution is -2.55. The Morgan fingerprint density at radius 3 is 2.59 bits per heavy atom. The van der Waals surface area contributed by atoms with E-state index in [1.54, 1.807) is 12.3 Å². The van der Waals surface area contributed by atoms with Crippen molar-refractivity contribution < 1.29 is 37.1 Å². The van der Waals surface area contributed by atoms with Crippen LogP contribution in [0.4, 0.5) is 28.4 Å². The topological polar surface area (TPSA) is 194 Å². The van der Waals surface area contributed by atoms with Crippen LogP contribution in [0.3, 0.4) is 0 Å². The molecule has 3 aromatic carbocycles. The van der Waals surface area contributed by atoms with Gasteiger partial charge in [0.2, 0.25) is 5.88 Å². The number of pyridine rings is 1. The van der Waals surface area contributed by atoms with Crippen molar-refractivity contribution in [1.82, 2.24) is 19.6 Å². The summed E-state index contributed by atoms with van der Waals surface area (Å²) < 4.78 is 54.8. The number of aryl methyl sites for hydroxylation is 1. The van der Waals surface area contributed by atoms with E-state index in [-0.39, 0.29) is 41.6 Å². The zero-order valence-electron chi connectivity index (χ0n) is 38.7. The number of nitro benzene ring substituents is 1. The van der Waals surface area contributed by atoms with E-state index < -0.39 is 37.5 Å². The average Bonchev–Trinajstić information content (AvgIpc) is 4.16. The molecule has 0 bridgehead atoms. The quantitative estimate of drug-likeness (QED) is 0.0914. The molecule has 4 atom stereocenters. The van der Waals surface area contributed by atoms with Crippen molar-refractivity contribution in [3.63, 3.8) is 0 Å². The number of likely N-dealkylation sites (tertiary alicyclic amines) is 1. The Morgan fingerprint density at radius 2 is 1.78 bits per heavy atom. The molecule has 69 heavy (non-hydrogen) atoms. The molecule has 4 saturated heterocycles. The predicted molar refractivity (Wildman–Crippen MR) is 259 cm³/mol. The Bertz CT molecular complexity index is 2930. The van der Waals surface area contributed by atoms with E-state index >= 15 is 0 Å². The van der Waals surface area contributed by atoms with Gasteiger partial charge in [-0.25, -0.2) is 13.1 Å². The number of ether oxygens (including phenoxy) is 4. The summed E-state index contributed by atoms with van der Waals surface area (Å²) in [7, 11) is -4.68. The van der Waals surface area contributed by atoms with Gasteiger partial charge in [-0.05, 0) is 117 Å². The molecule has 5 aromatic rings. The molecule has 5 fully saturated rings. The van der Waals surface area contributed by atoms with Crippen molar-refractivity contribution in [2.24, 2.45) is 11.3 Å². The van der Waals surface area contributed by atoms with Crippen LogP contribution in [0.5, 0.6) is 11.6 Å². The van der Waals surface area contributed by atoms with Crippen LogP contribution in [0.1, 0.15) is 85.8 Å². The lowest BCUT2D eigenvalue weighted by Gasteiger charge is -2.56. The van der Waals surface area contributed by atoms with Crippen molar-refractivity contribution in [2.75, 3.05) is 67.8 Å². The summed E-state index contributed by atoms with van der Waals surface area (Å²) in [6, 6.07) is 21.1. The summed E-state index contributed by atoms with van der Waals surface area (Å²) in [6.07, 6.45) is 10.9. The van der Waals surface area contributed by atoms with Crippen LogP contribution in [0.2, 0.25) is 0 Å². The van der Waals surface area contributed by atoms with Gasteiger partial charge in [0.15, 0.2) is 11.4 Å². The first kappa shape index (κ1) is 44.3. The number of benzene rings is 3. The Hall–Kier alpha value is -5.95. The number of nitro groups is 1. The van der Waals surface area contributed by atoms with Crippen molar-refractivity contribution in [2.45, 2.75) is 99.9 Å². The van der Waals surface area contributed by atoms with E-state index in [2.05, 4.69) is 56.0 Å². The third kappa shape index (κ3) is 7.92. The Balaban J connectivity index is 0.834. The molecule has 3 N–H and O–H groups in total. The number of aromatic amines is 1. The fraction of sp³-hybridized carbons (Fsp3) is 0.490. The number of carbonyl (C=O) groups excluding carboxylic acids is 1. The summed E-state index contributed by atoms with van der Waals surface area (Å²) in [4.78, 5) is 41.3. The van der Waals surface area contributed by atoms with E-state index in [1.165, 1.54) is 42.9 Å². The molecular weight excluding hydrogens is 901 g/mol. The summed E-state index contributed by atoms with van der Waals surface area (Å²) >= 11 is 0. The normalized spacial score (nSPS) is 24.7. The first-order chi connectivity index (χ1) is 33.5. The fourth-order valence-electron chi connectivity index (χ4n) is 12.5. The smallest absolute Gasteiger partial charge is 0.297 e. The number of aromatic nitrogens is 2. The molecule has 6 aliphatic heterocycles. The van der Waals surface area contributed by atoms with Crippen LogP contribution in [-0.4, -0.2) is 111 Å². The van der Waals surface area contributed by atoms with Gasteiger partial charge in [-0.1, -0.05) is 31.2 Å². The minimum absolute atomic E-state index is 0.0323. The van der Waals surface area contributed by atoms with Crippen LogP contribution < -0.4 is 29.3 Å². The van der Waals surface area contributed by atoms with Gasteiger partial charge in [0.1, 0.15) is 24.0 Å². The fourth-order valence-corrected chi connectivity index (χ4v) is 13.5. The van der Waals surface area contributed by atoms with Crippen LogP contribution in [0.25, 0.3) is 11.0 Å². The zero-order valence-corrected chi connectivity index (χ0v) is 39.5. The third-order valence-corrected chi connectivity index (χ3v) is 17.6. The molecule has 1 spiro atoms. The van der Waals surface area contributed by atoms with E-state index in [9.17, 15) is 23.3 Å². The minimum atomic E-state index is -4.68. The number of sulfonamides is 1. The number of hydrogen-bond donors (Lipinski definition) is 3.